The number of nitrogens with one attached hydrogen (secondary N) is 2. The van der Waals surface area contributed by atoms with Crippen LogP contribution in [0.4, 0.5) is 10.5 Å². The molecule has 2 aromatic rings. The number of amides is 3. The van der Waals surface area contributed by atoms with Crippen LogP contribution in [0.15, 0.2) is 48.5 Å². The number of ether oxygens (including phenoxy) is 1. The summed E-state index contributed by atoms with van der Waals surface area (Å²) in [6.07, 6.45) is 3.59. The monoisotopic (exact) mass is 539 g/mol. The molecule has 2 atom stereocenters. The molecule has 0 fully saturated rings. The second kappa shape index (κ2) is 15.3. The Balaban J connectivity index is 2.49. The SMILES string of the molecule is CCCCCCN(C(=O)C(CO)NC(=O)OC(C)(C)C)C(C(=O)Nc1ccccc1C)c1ccc(CC)cc1. The number of carbonyl (C=O) groups is 3. The maximum absolute atomic E-state index is 13.9. The summed E-state index contributed by atoms with van der Waals surface area (Å²) < 4.78 is 5.31. The van der Waals surface area contributed by atoms with Crippen LogP contribution in [0.3, 0.4) is 0 Å². The van der Waals surface area contributed by atoms with Crippen molar-refractivity contribution < 1.29 is 24.2 Å². The summed E-state index contributed by atoms with van der Waals surface area (Å²) in [5.74, 6) is -0.921. The van der Waals surface area contributed by atoms with Crippen LogP contribution in [0.5, 0.6) is 0 Å². The van der Waals surface area contributed by atoms with E-state index in [0.29, 0.717) is 17.7 Å². The van der Waals surface area contributed by atoms with Crippen LogP contribution in [0.2, 0.25) is 0 Å². The van der Waals surface area contributed by atoms with Crippen molar-refractivity contribution >= 4 is 23.6 Å². The van der Waals surface area contributed by atoms with Crippen molar-refractivity contribution in [2.75, 3.05) is 18.5 Å². The van der Waals surface area contributed by atoms with E-state index in [4.69, 9.17) is 4.74 Å². The van der Waals surface area contributed by atoms with Crippen molar-refractivity contribution in [2.45, 2.75) is 91.3 Å². The summed E-state index contributed by atoms with van der Waals surface area (Å²) in [7, 11) is 0. The largest absolute Gasteiger partial charge is 0.444 e. The van der Waals surface area contributed by atoms with Crippen LogP contribution in [0.25, 0.3) is 0 Å². The summed E-state index contributed by atoms with van der Waals surface area (Å²) in [5, 5.41) is 15.6. The van der Waals surface area contributed by atoms with Crippen molar-refractivity contribution in [3.8, 4) is 0 Å². The van der Waals surface area contributed by atoms with E-state index in [-0.39, 0.29) is 12.5 Å². The van der Waals surface area contributed by atoms with E-state index in [1.165, 1.54) is 4.90 Å². The highest BCUT2D eigenvalue weighted by Gasteiger charge is 2.36. The average Bonchev–Trinajstić information content (AvgIpc) is 2.89. The summed E-state index contributed by atoms with van der Waals surface area (Å²) in [5.41, 5.74) is 2.53. The Morgan fingerprint density at radius 3 is 2.21 bits per heavy atom. The van der Waals surface area contributed by atoms with Gasteiger partial charge in [0.25, 0.3) is 5.91 Å². The van der Waals surface area contributed by atoms with E-state index in [9.17, 15) is 19.5 Å². The predicted molar refractivity (Wildman–Crippen MR) is 154 cm³/mol. The minimum atomic E-state index is -1.27. The zero-order valence-electron chi connectivity index (χ0n) is 24.3. The lowest BCUT2D eigenvalue weighted by molar-refractivity contribution is -0.141. The molecule has 0 bridgehead atoms. The number of unbranched alkanes of at least 4 members (excludes halogenated alkanes) is 3. The maximum Gasteiger partial charge on any atom is 0.408 e. The van der Waals surface area contributed by atoms with Crippen molar-refractivity contribution in [3.05, 3.63) is 65.2 Å². The van der Waals surface area contributed by atoms with E-state index in [1.54, 1.807) is 20.8 Å². The number of aliphatic hydroxyl groups is 1. The van der Waals surface area contributed by atoms with Gasteiger partial charge in [0.05, 0.1) is 6.61 Å². The van der Waals surface area contributed by atoms with Gasteiger partial charge in [0.1, 0.15) is 17.7 Å². The Hall–Kier alpha value is -3.39. The summed E-state index contributed by atoms with van der Waals surface area (Å²) >= 11 is 0. The number of carbonyl (C=O) groups excluding carboxylic acids is 3. The average molecular weight is 540 g/mol. The number of aliphatic hydroxyl groups excluding tert-OH is 1. The number of alkyl carbamates (subject to hydrolysis) is 1. The fourth-order valence-electron chi connectivity index (χ4n) is 4.23. The summed E-state index contributed by atoms with van der Waals surface area (Å²) in [6.45, 7) is 10.9. The Morgan fingerprint density at radius 2 is 1.64 bits per heavy atom. The first-order valence-electron chi connectivity index (χ1n) is 13.9. The summed E-state index contributed by atoms with van der Waals surface area (Å²) in [6, 6.07) is 12.8. The summed E-state index contributed by atoms with van der Waals surface area (Å²) in [4.78, 5) is 41.8. The van der Waals surface area contributed by atoms with Gasteiger partial charge in [0.2, 0.25) is 5.91 Å². The molecule has 0 aliphatic carbocycles. The first-order chi connectivity index (χ1) is 18.5. The van der Waals surface area contributed by atoms with Crippen LogP contribution in [0.1, 0.15) is 83.0 Å². The number of anilines is 1. The first-order valence-corrected chi connectivity index (χ1v) is 13.9. The number of hydrogen-bond acceptors (Lipinski definition) is 5. The quantitative estimate of drug-likeness (QED) is 0.290. The van der Waals surface area contributed by atoms with Gasteiger partial charge >= 0.3 is 6.09 Å². The number of para-hydroxylation sites is 1. The fourth-order valence-corrected chi connectivity index (χ4v) is 4.23. The van der Waals surface area contributed by atoms with Gasteiger partial charge in [-0.3, -0.25) is 9.59 Å². The van der Waals surface area contributed by atoms with Gasteiger partial charge in [-0.1, -0.05) is 75.6 Å². The second-order valence-corrected chi connectivity index (χ2v) is 10.8. The molecule has 39 heavy (non-hydrogen) atoms. The Morgan fingerprint density at radius 1 is 0.974 bits per heavy atom. The van der Waals surface area contributed by atoms with Crippen molar-refractivity contribution in [1.29, 1.82) is 0 Å². The normalized spacial score (nSPS) is 12.8. The zero-order valence-corrected chi connectivity index (χ0v) is 24.3. The lowest BCUT2D eigenvalue weighted by Gasteiger charge is -2.34. The predicted octanol–water partition coefficient (Wildman–Crippen LogP) is 5.53. The molecule has 0 aliphatic rings. The van der Waals surface area contributed by atoms with Gasteiger partial charge in [-0.2, -0.15) is 0 Å². The molecule has 0 radical (unpaired) electrons. The number of rotatable bonds is 13. The maximum atomic E-state index is 13.9. The number of benzene rings is 2. The molecule has 2 unspecified atom stereocenters. The third kappa shape index (κ3) is 10.0. The highest BCUT2D eigenvalue weighted by molar-refractivity contribution is 5.99. The molecule has 2 aromatic carbocycles. The lowest BCUT2D eigenvalue weighted by Crippen LogP contribution is -2.54. The van der Waals surface area contributed by atoms with Gasteiger partial charge in [-0.25, -0.2) is 4.79 Å². The lowest BCUT2D eigenvalue weighted by atomic mass is 9.99. The third-order valence-corrected chi connectivity index (χ3v) is 6.37. The molecule has 214 valence electrons. The van der Waals surface area contributed by atoms with Crippen LogP contribution in [0, 0.1) is 6.92 Å². The molecule has 0 saturated carbocycles. The number of nitrogens with zero attached hydrogens (tertiary/aromatic N) is 1. The molecule has 8 nitrogen and oxygen atoms in total. The Bertz CT molecular complexity index is 1080. The minimum Gasteiger partial charge on any atom is -0.444 e. The molecule has 3 amide bonds. The smallest absolute Gasteiger partial charge is 0.408 e. The van der Waals surface area contributed by atoms with Crippen LogP contribution < -0.4 is 10.6 Å². The fraction of sp³-hybridized carbons (Fsp3) is 0.516. The highest BCUT2D eigenvalue weighted by atomic mass is 16.6. The number of aryl methyl sites for hydroxylation is 2. The van der Waals surface area contributed by atoms with Crippen LogP contribution in [-0.2, 0) is 20.7 Å². The molecule has 3 N–H and O–H groups in total. The Kier molecular flexibility index (Phi) is 12.5. The highest BCUT2D eigenvalue weighted by Crippen LogP contribution is 2.26. The van der Waals surface area contributed by atoms with Crippen molar-refractivity contribution in [2.24, 2.45) is 0 Å². The van der Waals surface area contributed by atoms with Crippen LogP contribution >= 0.6 is 0 Å². The van der Waals surface area contributed by atoms with Gasteiger partial charge in [0, 0.05) is 12.2 Å². The van der Waals surface area contributed by atoms with E-state index in [2.05, 4.69) is 24.5 Å². The molecule has 0 saturated heterocycles. The molecular weight excluding hydrogens is 494 g/mol. The first kappa shape index (κ1) is 31.8. The van der Waals surface area contributed by atoms with Gasteiger partial charge < -0.3 is 25.4 Å². The van der Waals surface area contributed by atoms with Crippen molar-refractivity contribution in [3.63, 3.8) is 0 Å². The molecule has 8 heteroatoms. The second-order valence-electron chi connectivity index (χ2n) is 10.8. The number of hydrogen-bond donors (Lipinski definition) is 3. The van der Waals surface area contributed by atoms with Crippen LogP contribution in [-0.4, -0.2) is 52.7 Å². The van der Waals surface area contributed by atoms with E-state index >= 15 is 0 Å². The zero-order chi connectivity index (χ0) is 29.0. The van der Waals surface area contributed by atoms with Gasteiger partial charge in [-0.15, -0.1) is 0 Å². The van der Waals surface area contributed by atoms with E-state index in [1.807, 2.05) is 55.5 Å². The van der Waals surface area contributed by atoms with Gasteiger partial charge in [-0.05, 0) is 63.3 Å². The molecule has 0 spiro atoms. The Labute approximate surface area is 233 Å². The van der Waals surface area contributed by atoms with Crippen molar-refractivity contribution in [1.82, 2.24) is 10.2 Å². The third-order valence-electron chi connectivity index (χ3n) is 6.37. The standard InChI is InChI=1S/C31H45N3O5/c1-7-9-10-13-20-34(29(37)26(21-35)33-30(38)39-31(4,5)6)27(24-18-16-23(8-2)17-19-24)28(36)32-25-15-12-11-14-22(25)3/h11-12,14-19,26-27,35H,7-10,13,20-21H2,1-6H3,(H,32,36)(H,33,38). The molecule has 0 aliphatic heterocycles. The molecule has 2 rings (SSSR count). The molecular formula is C31H45N3O5. The van der Waals surface area contributed by atoms with E-state index < -0.39 is 36.3 Å². The van der Waals surface area contributed by atoms with Gasteiger partial charge in [0.15, 0.2) is 0 Å². The molecule has 0 heterocycles. The topological polar surface area (TPSA) is 108 Å². The van der Waals surface area contributed by atoms with E-state index in [0.717, 1.165) is 36.8 Å². The minimum absolute atomic E-state index is 0.284. The molecule has 0 aromatic heterocycles.